The number of halogens is 1. The summed E-state index contributed by atoms with van der Waals surface area (Å²) in [6.07, 6.45) is 0.591. The number of hydrogen-bond donors (Lipinski definition) is 2. The van der Waals surface area contributed by atoms with E-state index >= 15 is 0 Å². The summed E-state index contributed by atoms with van der Waals surface area (Å²) in [7, 11) is 0. The number of benzene rings is 1. The standard InChI is InChI=1S/C12H16ClNOS/c13-11-5-8(12(15)6-14)1-2-10(11)9-3-4-16-7-9/h1-2,5,9,12,15H,3-4,6-7,14H2. The zero-order chi connectivity index (χ0) is 11.5. The third-order valence-electron chi connectivity index (χ3n) is 3.00. The van der Waals surface area contributed by atoms with Crippen LogP contribution in [0.1, 0.15) is 29.6 Å². The molecule has 2 nitrogen and oxygen atoms in total. The summed E-state index contributed by atoms with van der Waals surface area (Å²) in [5, 5.41) is 10.4. The summed E-state index contributed by atoms with van der Waals surface area (Å²) in [6, 6.07) is 5.81. The van der Waals surface area contributed by atoms with Gasteiger partial charge in [0.25, 0.3) is 0 Å². The lowest BCUT2D eigenvalue weighted by Gasteiger charge is -2.14. The van der Waals surface area contributed by atoms with Gasteiger partial charge in [0.05, 0.1) is 6.10 Å². The molecule has 1 fully saturated rings. The van der Waals surface area contributed by atoms with E-state index in [4.69, 9.17) is 17.3 Å². The van der Waals surface area contributed by atoms with Gasteiger partial charge in [0.1, 0.15) is 0 Å². The van der Waals surface area contributed by atoms with Crippen LogP contribution in [0.15, 0.2) is 18.2 Å². The Bertz CT molecular complexity index is 366. The Labute approximate surface area is 105 Å². The van der Waals surface area contributed by atoms with E-state index in [0.717, 1.165) is 16.3 Å². The van der Waals surface area contributed by atoms with E-state index in [1.165, 1.54) is 17.7 Å². The Balaban J connectivity index is 2.22. The molecule has 1 heterocycles. The minimum absolute atomic E-state index is 0.231. The molecule has 0 amide bonds. The number of nitrogens with two attached hydrogens (primary N) is 1. The van der Waals surface area contributed by atoms with Gasteiger partial charge in [-0.25, -0.2) is 0 Å². The third-order valence-corrected chi connectivity index (χ3v) is 4.49. The fourth-order valence-corrected chi connectivity index (χ4v) is 3.59. The van der Waals surface area contributed by atoms with Gasteiger partial charge in [0, 0.05) is 17.3 Å². The maximum absolute atomic E-state index is 9.62. The molecule has 1 aromatic rings. The van der Waals surface area contributed by atoms with Crippen molar-refractivity contribution in [2.75, 3.05) is 18.1 Å². The van der Waals surface area contributed by atoms with Crippen LogP contribution in [-0.4, -0.2) is 23.2 Å². The van der Waals surface area contributed by atoms with E-state index < -0.39 is 6.10 Å². The smallest absolute Gasteiger partial charge is 0.0912 e. The summed E-state index contributed by atoms with van der Waals surface area (Å²) in [4.78, 5) is 0. The molecule has 1 aromatic carbocycles. The Morgan fingerprint density at radius 2 is 2.38 bits per heavy atom. The SMILES string of the molecule is NCC(O)c1ccc(C2CCSC2)c(Cl)c1. The molecule has 0 bridgehead atoms. The van der Waals surface area contributed by atoms with E-state index in [-0.39, 0.29) is 6.54 Å². The molecular weight excluding hydrogens is 242 g/mol. The van der Waals surface area contributed by atoms with E-state index in [1.807, 2.05) is 30.0 Å². The van der Waals surface area contributed by atoms with Crippen LogP contribution in [0.25, 0.3) is 0 Å². The van der Waals surface area contributed by atoms with Gasteiger partial charge in [-0.05, 0) is 35.3 Å². The fraction of sp³-hybridized carbons (Fsp3) is 0.500. The minimum atomic E-state index is -0.607. The number of aliphatic hydroxyl groups is 1. The van der Waals surface area contributed by atoms with Crippen LogP contribution in [0, 0.1) is 0 Å². The van der Waals surface area contributed by atoms with Gasteiger partial charge in [-0.2, -0.15) is 11.8 Å². The maximum Gasteiger partial charge on any atom is 0.0912 e. The van der Waals surface area contributed by atoms with E-state index in [0.29, 0.717) is 5.92 Å². The first-order valence-corrected chi connectivity index (χ1v) is 7.01. The molecule has 3 N–H and O–H groups in total. The molecule has 2 rings (SSSR count). The molecule has 1 aliphatic heterocycles. The predicted molar refractivity (Wildman–Crippen MR) is 70.1 cm³/mol. The zero-order valence-electron chi connectivity index (χ0n) is 9.03. The Morgan fingerprint density at radius 1 is 1.56 bits per heavy atom. The van der Waals surface area contributed by atoms with Crippen molar-refractivity contribution in [3.8, 4) is 0 Å². The second-order valence-electron chi connectivity index (χ2n) is 4.09. The van der Waals surface area contributed by atoms with Gasteiger partial charge in [0.2, 0.25) is 0 Å². The van der Waals surface area contributed by atoms with E-state index in [2.05, 4.69) is 0 Å². The number of aliphatic hydroxyl groups excluding tert-OH is 1. The first-order chi connectivity index (χ1) is 7.72. The first-order valence-electron chi connectivity index (χ1n) is 5.47. The van der Waals surface area contributed by atoms with Gasteiger partial charge in [-0.15, -0.1) is 0 Å². The highest BCUT2D eigenvalue weighted by atomic mass is 35.5. The van der Waals surface area contributed by atoms with Crippen LogP contribution in [0.2, 0.25) is 5.02 Å². The van der Waals surface area contributed by atoms with Crippen molar-refractivity contribution in [2.45, 2.75) is 18.4 Å². The van der Waals surface area contributed by atoms with Gasteiger partial charge in [0.15, 0.2) is 0 Å². The summed E-state index contributed by atoms with van der Waals surface area (Å²) in [5.74, 6) is 2.94. The molecule has 1 aliphatic rings. The highest BCUT2D eigenvalue weighted by Crippen LogP contribution is 2.36. The third kappa shape index (κ3) is 2.54. The van der Waals surface area contributed by atoms with Crippen molar-refractivity contribution in [1.29, 1.82) is 0 Å². The molecule has 88 valence electrons. The molecule has 0 saturated carbocycles. The van der Waals surface area contributed by atoms with Crippen LogP contribution in [0.3, 0.4) is 0 Å². The molecule has 2 atom stereocenters. The summed E-state index contributed by atoms with van der Waals surface area (Å²) in [6.45, 7) is 0.231. The number of hydrogen-bond acceptors (Lipinski definition) is 3. The van der Waals surface area contributed by atoms with Crippen LogP contribution in [0.5, 0.6) is 0 Å². The lowest BCUT2D eigenvalue weighted by molar-refractivity contribution is 0.186. The lowest BCUT2D eigenvalue weighted by atomic mass is 9.96. The number of thioether (sulfide) groups is 1. The Hall–Kier alpha value is -0.220. The van der Waals surface area contributed by atoms with Crippen molar-refractivity contribution < 1.29 is 5.11 Å². The molecule has 0 spiro atoms. The van der Waals surface area contributed by atoms with Gasteiger partial charge >= 0.3 is 0 Å². The van der Waals surface area contributed by atoms with E-state index in [9.17, 15) is 5.11 Å². The van der Waals surface area contributed by atoms with Gasteiger partial charge in [-0.1, -0.05) is 23.7 Å². The van der Waals surface area contributed by atoms with Crippen LogP contribution < -0.4 is 5.73 Å². The average molecular weight is 258 g/mol. The molecule has 0 aromatic heterocycles. The van der Waals surface area contributed by atoms with Crippen molar-refractivity contribution in [2.24, 2.45) is 5.73 Å². The molecule has 2 unspecified atom stereocenters. The van der Waals surface area contributed by atoms with Gasteiger partial charge in [-0.3, -0.25) is 0 Å². The van der Waals surface area contributed by atoms with Crippen LogP contribution >= 0.6 is 23.4 Å². The molecular formula is C12H16ClNOS. The largest absolute Gasteiger partial charge is 0.387 e. The van der Waals surface area contributed by atoms with Crippen molar-refractivity contribution >= 4 is 23.4 Å². The summed E-state index contributed by atoms with van der Waals surface area (Å²) < 4.78 is 0. The number of rotatable bonds is 3. The van der Waals surface area contributed by atoms with Crippen LogP contribution in [0.4, 0.5) is 0 Å². The summed E-state index contributed by atoms with van der Waals surface area (Å²) in [5.41, 5.74) is 7.43. The van der Waals surface area contributed by atoms with Crippen molar-refractivity contribution in [3.63, 3.8) is 0 Å². The minimum Gasteiger partial charge on any atom is -0.387 e. The normalized spacial score (nSPS) is 22.3. The predicted octanol–water partition coefficient (Wildman–Crippen LogP) is 2.55. The van der Waals surface area contributed by atoms with Crippen molar-refractivity contribution in [1.82, 2.24) is 0 Å². The first kappa shape index (κ1) is 12.2. The second kappa shape index (κ2) is 5.41. The molecule has 1 saturated heterocycles. The second-order valence-corrected chi connectivity index (χ2v) is 5.65. The topological polar surface area (TPSA) is 46.2 Å². The van der Waals surface area contributed by atoms with Crippen molar-refractivity contribution in [3.05, 3.63) is 34.3 Å². The maximum atomic E-state index is 9.62. The van der Waals surface area contributed by atoms with Crippen LogP contribution in [-0.2, 0) is 0 Å². The monoisotopic (exact) mass is 257 g/mol. The Kier molecular flexibility index (Phi) is 4.14. The van der Waals surface area contributed by atoms with Gasteiger partial charge < -0.3 is 10.8 Å². The average Bonchev–Trinajstić information content (AvgIpc) is 2.81. The highest BCUT2D eigenvalue weighted by Gasteiger charge is 2.20. The fourth-order valence-electron chi connectivity index (χ4n) is 2.00. The highest BCUT2D eigenvalue weighted by molar-refractivity contribution is 7.99. The molecule has 16 heavy (non-hydrogen) atoms. The quantitative estimate of drug-likeness (QED) is 0.875. The molecule has 0 radical (unpaired) electrons. The summed E-state index contributed by atoms with van der Waals surface area (Å²) >= 11 is 8.22. The molecule has 0 aliphatic carbocycles. The Morgan fingerprint density at radius 3 is 2.94 bits per heavy atom. The lowest BCUT2D eigenvalue weighted by Crippen LogP contribution is -2.11. The molecule has 4 heteroatoms. The zero-order valence-corrected chi connectivity index (χ0v) is 10.6. The van der Waals surface area contributed by atoms with E-state index in [1.54, 1.807) is 0 Å².